The first kappa shape index (κ1) is 18.9. The van der Waals surface area contributed by atoms with Crippen LogP contribution in [-0.4, -0.2) is 42.7 Å². The lowest BCUT2D eigenvalue weighted by atomic mass is 10.2. The molecule has 1 saturated heterocycles. The van der Waals surface area contributed by atoms with Gasteiger partial charge in [0.05, 0.1) is 18.0 Å². The van der Waals surface area contributed by atoms with E-state index in [2.05, 4.69) is 27.3 Å². The predicted molar refractivity (Wildman–Crippen MR) is 113 cm³/mol. The Kier molecular flexibility index (Phi) is 5.88. The fraction of sp³-hybridized carbons (Fsp3) is 0.318. The van der Waals surface area contributed by atoms with Crippen molar-refractivity contribution in [3.05, 3.63) is 65.4 Å². The lowest BCUT2D eigenvalue weighted by Crippen LogP contribution is -2.46. The third-order valence-electron chi connectivity index (χ3n) is 4.92. The zero-order chi connectivity index (χ0) is 19.3. The maximum atomic E-state index is 14.0. The molecule has 28 heavy (non-hydrogen) atoms. The second-order valence-corrected chi connectivity index (χ2v) is 7.67. The first-order valence-electron chi connectivity index (χ1n) is 9.62. The minimum atomic E-state index is -0.143. The SMILES string of the molecule is CCOc1ccc(-c2nc(CN3CCN(c4ccccc4F)CC3)cs2)cc1. The molecule has 1 aliphatic rings. The smallest absolute Gasteiger partial charge is 0.146 e. The van der Waals surface area contributed by atoms with E-state index in [-0.39, 0.29) is 5.82 Å². The number of benzene rings is 2. The van der Waals surface area contributed by atoms with Crippen LogP contribution in [0, 0.1) is 5.82 Å². The van der Waals surface area contributed by atoms with Crippen molar-refractivity contribution in [3.8, 4) is 16.3 Å². The van der Waals surface area contributed by atoms with Crippen LogP contribution in [0.2, 0.25) is 0 Å². The summed E-state index contributed by atoms with van der Waals surface area (Å²) in [6.07, 6.45) is 0. The van der Waals surface area contributed by atoms with Crippen molar-refractivity contribution in [1.82, 2.24) is 9.88 Å². The van der Waals surface area contributed by atoms with Gasteiger partial charge in [0, 0.05) is 43.7 Å². The molecule has 1 fully saturated rings. The maximum absolute atomic E-state index is 14.0. The number of para-hydroxylation sites is 1. The van der Waals surface area contributed by atoms with Crippen molar-refractivity contribution in [2.45, 2.75) is 13.5 Å². The number of ether oxygens (including phenoxy) is 1. The molecule has 0 saturated carbocycles. The van der Waals surface area contributed by atoms with Crippen molar-refractivity contribution < 1.29 is 9.13 Å². The van der Waals surface area contributed by atoms with E-state index in [0.717, 1.165) is 54.7 Å². The standard InChI is InChI=1S/C22H24FN3OS/c1-2-27-19-9-7-17(8-10-19)22-24-18(16-28-22)15-25-11-13-26(14-12-25)21-6-4-3-5-20(21)23/h3-10,16H,2,11-15H2,1H3. The average Bonchev–Trinajstić information content (AvgIpc) is 3.18. The van der Waals surface area contributed by atoms with E-state index >= 15 is 0 Å². The molecule has 1 aromatic heterocycles. The van der Waals surface area contributed by atoms with Gasteiger partial charge in [-0.15, -0.1) is 11.3 Å². The fourth-order valence-electron chi connectivity index (χ4n) is 3.46. The Balaban J connectivity index is 1.34. The number of aromatic nitrogens is 1. The summed E-state index contributed by atoms with van der Waals surface area (Å²) in [5, 5.41) is 3.16. The molecule has 0 atom stereocenters. The molecule has 0 aliphatic carbocycles. The van der Waals surface area contributed by atoms with Gasteiger partial charge in [0.1, 0.15) is 16.6 Å². The van der Waals surface area contributed by atoms with Crippen LogP contribution in [0.1, 0.15) is 12.6 Å². The van der Waals surface area contributed by atoms with Crippen LogP contribution in [0.4, 0.5) is 10.1 Å². The van der Waals surface area contributed by atoms with Crippen molar-refractivity contribution in [3.63, 3.8) is 0 Å². The number of halogens is 1. The molecule has 0 amide bonds. The lowest BCUT2D eigenvalue weighted by molar-refractivity contribution is 0.247. The first-order chi connectivity index (χ1) is 13.7. The van der Waals surface area contributed by atoms with Crippen LogP contribution < -0.4 is 9.64 Å². The highest BCUT2D eigenvalue weighted by molar-refractivity contribution is 7.13. The first-order valence-corrected chi connectivity index (χ1v) is 10.5. The third-order valence-corrected chi connectivity index (χ3v) is 5.86. The molecule has 4 nitrogen and oxygen atoms in total. The fourth-order valence-corrected chi connectivity index (χ4v) is 4.27. The normalized spacial score (nSPS) is 15.0. The van der Waals surface area contributed by atoms with Crippen LogP contribution in [0.3, 0.4) is 0 Å². The monoisotopic (exact) mass is 397 g/mol. The molecule has 0 bridgehead atoms. The van der Waals surface area contributed by atoms with Crippen molar-refractivity contribution in [2.75, 3.05) is 37.7 Å². The number of hydrogen-bond donors (Lipinski definition) is 0. The second-order valence-electron chi connectivity index (χ2n) is 6.82. The molecule has 3 aromatic rings. The average molecular weight is 398 g/mol. The molecule has 146 valence electrons. The van der Waals surface area contributed by atoms with E-state index in [9.17, 15) is 4.39 Å². The Morgan fingerprint density at radius 1 is 1.04 bits per heavy atom. The van der Waals surface area contributed by atoms with Crippen LogP contribution >= 0.6 is 11.3 Å². The molecule has 0 N–H and O–H groups in total. The summed E-state index contributed by atoms with van der Waals surface area (Å²) in [4.78, 5) is 9.31. The quantitative estimate of drug-likeness (QED) is 0.604. The van der Waals surface area contributed by atoms with Crippen LogP contribution in [0.25, 0.3) is 10.6 Å². The molecule has 2 heterocycles. The molecule has 6 heteroatoms. The Bertz CT molecular complexity index is 904. The summed E-state index contributed by atoms with van der Waals surface area (Å²) in [6.45, 7) is 6.96. The summed E-state index contributed by atoms with van der Waals surface area (Å²) in [5.74, 6) is 0.742. The molecule has 1 aliphatic heterocycles. The number of hydrogen-bond acceptors (Lipinski definition) is 5. The van der Waals surface area contributed by atoms with Crippen molar-refractivity contribution in [2.24, 2.45) is 0 Å². The minimum Gasteiger partial charge on any atom is -0.494 e. The van der Waals surface area contributed by atoms with Gasteiger partial charge in [0.25, 0.3) is 0 Å². The van der Waals surface area contributed by atoms with Crippen LogP contribution in [0.15, 0.2) is 53.9 Å². The number of anilines is 1. The van der Waals surface area contributed by atoms with E-state index in [1.165, 1.54) is 6.07 Å². The molecular formula is C22H24FN3OS. The highest BCUT2D eigenvalue weighted by Gasteiger charge is 2.20. The molecule has 0 unspecified atom stereocenters. The largest absolute Gasteiger partial charge is 0.494 e. The third kappa shape index (κ3) is 4.34. The van der Waals surface area contributed by atoms with Crippen molar-refractivity contribution >= 4 is 17.0 Å². The summed E-state index contributed by atoms with van der Waals surface area (Å²) in [6, 6.07) is 15.1. The maximum Gasteiger partial charge on any atom is 0.146 e. The molecule has 4 rings (SSSR count). The number of rotatable bonds is 6. The van der Waals surface area contributed by atoms with Gasteiger partial charge in [-0.3, -0.25) is 4.90 Å². The van der Waals surface area contributed by atoms with Gasteiger partial charge in [-0.05, 0) is 43.3 Å². The van der Waals surface area contributed by atoms with Crippen LogP contribution in [-0.2, 0) is 6.54 Å². The highest BCUT2D eigenvalue weighted by atomic mass is 32.1. The molecule has 2 aromatic carbocycles. The van der Waals surface area contributed by atoms with Gasteiger partial charge in [-0.25, -0.2) is 9.37 Å². The van der Waals surface area contributed by atoms with Gasteiger partial charge < -0.3 is 9.64 Å². The van der Waals surface area contributed by atoms with Gasteiger partial charge >= 0.3 is 0 Å². The summed E-state index contributed by atoms with van der Waals surface area (Å²) in [7, 11) is 0. The predicted octanol–water partition coefficient (Wildman–Crippen LogP) is 4.67. The molecular weight excluding hydrogens is 373 g/mol. The summed E-state index contributed by atoms with van der Waals surface area (Å²) in [5.41, 5.74) is 2.91. The Hall–Kier alpha value is -2.44. The Labute approximate surface area is 169 Å². The molecule has 0 radical (unpaired) electrons. The minimum absolute atomic E-state index is 0.143. The van der Waals surface area contributed by atoms with E-state index in [4.69, 9.17) is 9.72 Å². The van der Waals surface area contributed by atoms with E-state index < -0.39 is 0 Å². The number of thiazole rings is 1. The zero-order valence-electron chi connectivity index (χ0n) is 16.0. The van der Waals surface area contributed by atoms with Gasteiger partial charge in [-0.1, -0.05) is 12.1 Å². The highest BCUT2D eigenvalue weighted by Crippen LogP contribution is 2.27. The Morgan fingerprint density at radius 2 is 1.79 bits per heavy atom. The van der Waals surface area contributed by atoms with Crippen molar-refractivity contribution in [1.29, 1.82) is 0 Å². The van der Waals surface area contributed by atoms with Gasteiger partial charge in [0.2, 0.25) is 0 Å². The number of nitrogens with zero attached hydrogens (tertiary/aromatic N) is 3. The summed E-state index contributed by atoms with van der Waals surface area (Å²) < 4.78 is 19.5. The van der Waals surface area contributed by atoms with Gasteiger partial charge in [-0.2, -0.15) is 0 Å². The Morgan fingerprint density at radius 3 is 2.50 bits per heavy atom. The van der Waals surface area contributed by atoms with E-state index in [1.54, 1.807) is 17.4 Å². The van der Waals surface area contributed by atoms with Gasteiger partial charge in [0.15, 0.2) is 0 Å². The zero-order valence-corrected chi connectivity index (χ0v) is 16.8. The topological polar surface area (TPSA) is 28.6 Å². The molecule has 0 spiro atoms. The number of piperazine rings is 1. The lowest BCUT2D eigenvalue weighted by Gasteiger charge is -2.35. The van der Waals surface area contributed by atoms with E-state index in [0.29, 0.717) is 12.3 Å². The second kappa shape index (κ2) is 8.71. The van der Waals surface area contributed by atoms with Crippen LogP contribution in [0.5, 0.6) is 5.75 Å². The summed E-state index contributed by atoms with van der Waals surface area (Å²) >= 11 is 1.67. The van der Waals surface area contributed by atoms with E-state index in [1.807, 2.05) is 31.2 Å².